The molecular weight excluding hydrogens is 1670 g/mol. The molecular formula is C29H38Na10O50S9. The quantitative estimate of drug-likeness (QED) is 0.0366. The minimum absolute atomic E-state index is 0. The van der Waals surface area contributed by atoms with Crippen molar-refractivity contribution < 1.29 is 517 Å². The van der Waals surface area contributed by atoms with E-state index in [9.17, 15) is 127 Å². The van der Waals surface area contributed by atoms with E-state index in [1.165, 1.54) is 0 Å². The van der Waals surface area contributed by atoms with Gasteiger partial charge in [-0.2, -0.15) is 0 Å². The van der Waals surface area contributed by atoms with Crippen molar-refractivity contribution in [2.45, 2.75) is 129 Å². The molecule has 518 valence electrons. The maximum atomic E-state index is 12.7. The van der Waals surface area contributed by atoms with Crippen LogP contribution in [0.5, 0.6) is 0 Å². The van der Waals surface area contributed by atoms with E-state index in [-0.39, 0.29) is 296 Å². The number of methoxy groups -OCH3 is 3. The van der Waals surface area contributed by atoms with Crippen molar-refractivity contribution in [2.75, 3.05) is 47.8 Å². The Labute approximate surface area is 779 Å². The summed E-state index contributed by atoms with van der Waals surface area (Å²) in [7, 11) is -55.2. The standard InChI is InChI=1S/C29H48O50S9.10Na/c1-59-8-4-63-27(21(77-86(50,51)52)12(8)71-80(32,33)34)68-11-7-65-28(22(78-87(53,54)55)15(11)74-83(41,42)43)67-9-6-64-26(66-10-5-62-25(61-3)20(76-85(47,48)49)14(10)73-82(38,39)40)19(13(9)72-81(35,36)37)70-29-23(79-88(56,57)58)17(75-84(44,45)46)16(60-2)18(69-29)24(30)31;;;;;;;;;;/h8-23,25-29H,4-7H2,1-3H3,(H,30,31)(H,32,33,34)(H,35,36,37)(H,38,39,40)(H,41,42,43)(H,44,45,46)(H,47,48,49)(H,50,51,52)(H,53,54,55)(H,56,57,58);;;;;;;;;;/q;10*+1/p-10/t8-,9-,10+,11-,12+,13-,14+,15+,16-,17-,18+,19+,20-,21-,22-,23+,25-,26+,27+,28-,29+;;;;;;;;;;/m1........../s1. The van der Waals surface area contributed by atoms with E-state index in [4.69, 9.17) is 56.8 Å². The molecule has 5 aliphatic heterocycles. The predicted molar refractivity (Wildman–Crippen MR) is 232 cm³/mol. The van der Waals surface area contributed by atoms with Gasteiger partial charge in [0.2, 0.25) is 93.6 Å². The fourth-order valence-electron chi connectivity index (χ4n) is 8.47. The average Bonchev–Trinajstić information content (AvgIpc) is 0.769. The van der Waals surface area contributed by atoms with Crippen LogP contribution in [0.15, 0.2) is 0 Å². The van der Waals surface area contributed by atoms with Gasteiger partial charge in [0.15, 0.2) is 55.9 Å². The minimum atomic E-state index is -6.63. The number of carboxylic acid groups (broad SMARTS) is 1. The van der Waals surface area contributed by atoms with Crippen LogP contribution in [0, 0.1) is 0 Å². The van der Waals surface area contributed by atoms with Crippen LogP contribution in [-0.2, 0) is 193 Å². The second-order valence-corrected chi connectivity index (χ2v) is 26.2. The molecule has 0 aliphatic carbocycles. The first-order valence-corrected chi connectivity index (χ1v) is 34.2. The first-order chi connectivity index (χ1) is 39.9. The van der Waals surface area contributed by atoms with Crippen LogP contribution in [0.3, 0.4) is 0 Å². The van der Waals surface area contributed by atoms with Crippen LogP contribution in [0.4, 0.5) is 0 Å². The molecule has 5 saturated heterocycles. The van der Waals surface area contributed by atoms with E-state index in [0.29, 0.717) is 14.2 Å². The van der Waals surface area contributed by atoms with Gasteiger partial charge in [0.25, 0.3) is 0 Å². The zero-order valence-corrected chi connectivity index (χ0v) is 79.9. The van der Waals surface area contributed by atoms with Crippen molar-refractivity contribution in [3.8, 4) is 0 Å². The van der Waals surface area contributed by atoms with E-state index < -0.39 is 255 Å². The van der Waals surface area contributed by atoms with Crippen LogP contribution in [0.25, 0.3) is 0 Å². The minimum Gasteiger partial charge on any atom is -0.726 e. The predicted octanol–water partition coefficient (Wildman–Crippen LogP) is -43.2. The second kappa shape index (κ2) is 48.4. The number of ether oxygens (including phenoxy) is 12. The summed E-state index contributed by atoms with van der Waals surface area (Å²) in [6, 6.07) is 0. The average molecular weight is 1710 g/mol. The molecule has 50 nitrogen and oxygen atoms in total. The Morgan fingerprint density at radius 1 is 0.276 bits per heavy atom. The molecule has 98 heavy (non-hydrogen) atoms. The number of aliphatic carboxylic acids is 1. The molecule has 5 aliphatic rings. The smallest absolute Gasteiger partial charge is 0.726 e. The summed E-state index contributed by atoms with van der Waals surface area (Å²) < 4.78 is 427. The third kappa shape index (κ3) is 39.4. The largest absolute Gasteiger partial charge is 1.00 e. The van der Waals surface area contributed by atoms with Gasteiger partial charge < -0.3 is 108 Å². The van der Waals surface area contributed by atoms with Gasteiger partial charge >= 0.3 is 296 Å². The molecule has 21 atom stereocenters. The van der Waals surface area contributed by atoms with Gasteiger partial charge in [-0.3, -0.25) is 37.6 Å². The van der Waals surface area contributed by atoms with Crippen molar-refractivity contribution in [3.63, 3.8) is 0 Å². The Morgan fingerprint density at radius 3 is 0.765 bits per heavy atom. The van der Waals surface area contributed by atoms with Crippen LogP contribution in [0.2, 0.25) is 0 Å². The number of carbonyl (C=O) groups excluding carboxylic acids is 1. The van der Waals surface area contributed by atoms with Crippen LogP contribution in [-0.4, -0.2) is 300 Å². The maximum Gasteiger partial charge on any atom is 1.00 e. The van der Waals surface area contributed by atoms with Crippen LogP contribution in [0.1, 0.15) is 0 Å². The normalized spacial score (nSPS) is 32.7. The monoisotopic (exact) mass is 1700 g/mol. The fourth-order valence-corrected chi connectivity index (χ4v) is 12.9. The topological polar surface area (TPSA) is 749 Å². The second-order valence-electron chi connectivity index (χ2n) is 17.1. The third-order valence-electron chi connectivity index (χ3n) is 11.3. The summed E-state index contributed by atoms with van der Waals surface area (Å²) in [6.45, 7) is -5.89. The van der Waals surface area contributed by atoms with E-state index in [1.54, 1.807) is 0 Å². The molecule has 0 aromatic carbocycles. The zero-order valence-electron chi connectivity index (χ0n) is 52.5. The number of carboxylic acids is 1. The van der Waals surface area contributed by atoms with Crippen molar-refractivity contribution in [2.24, 2.45) is 0 Å². The van der Waals surface area contributed by atoms with Gasteiger partial charge in [0, 0.05) is 21.3 Å². The summed E-state index contributed by atoms with van der Waals surface area (Å²) in [4.78, 5) is 12.4. The molecule has 0 aromatic rings. The Morgan fingerprint density at radius 2 is 0.500 bits per heavy atom. The molecule has 5 fully saturated rings. The van der Waals surface area contributed by atoms with Crippen molar-refractivity contribution in [1.82, 2.24) is 0 Å². The summed E-state index contributed by atoms with van der Waals surface area (Å²) in [5.41, 5.74) is 0. The molecule has 0 bridgehead atoms. The molecule has 69 heteroatoms. The van der Waals surface area contributed by atoms with Gasteiger partial charge in [-0.1, -0.05) is 0 Å². The zero-order chi connectivity index (χ0) is 66.9. The Bertz CT molecular complexity index is 3520. The van der Waals surface area contributed by atoms with E-state index in [0.717, 1.165) is 7.11 Å². The molecule has 0 spiro atoms. The van der Waals surface area contributed by atoms with Gasteiger partial charge in [-0.15, -0.1) is 0 Å². The van der Waals surface area contributed by atoms with Crippen molar-refractivity contribution in [1.29, 1.82) is 0 Å². The van der Waals surface area contributed by atoms with Gasteiger partial charge in [0.1, 0.15) is 73.2 Å². The Hall–Kier alpha value is 7.82. The van der Waals surface area contributed by atoms with Crippen LogP contribution >= 0.6 is 0 Å². The molecule has 0 amide bonds. The molecule has 0 N–H and O–H groups in total. The summed E-state index contributed by atoms with van der Waals surface area (Å²) in [6.07, 6.45) is -62.0. The number of hydrogen-bond acceptors (Lipinski definition) is 50. The van der Waals surface area contributed by atoms with Gasteiger partial charge in [-0.05, 0) is 0 Å². The van der Waals surface area contributed by atoms with Gasteiger partial charge in [0.05, 0.1) is 32.4 Å². The number of rotatable bonds is 30. The first kappa shape index (κ1) is 117. The summed E-state index contributed by atoms with van der Waals surface area (Å²) in [5.74, 6) is -2.61. The van der Waals surface area contributed by atoms with Gasteiger partial charge in [-0.25, -0.2) is 75.8 Å². The number of hydrogen-bond donors (Lipinski definition) is 0. The maximum absolute atomic E-state index is 12.7. The molecule has 0 unspecified atom stereocenters. The van der Waals surface area contributed by atoms with Crippen molar-refractivity contribution in [3.05, 3.63) is 0 Å². The third-order valence-corrected chi connectivity index (χ3v) is 15.5. The molecule has 0 aromatic heterocycles. The molecule has 0 radical (unpaired) electrons. The fraction of sp³-hybridized carbons (Fsp3) is 0.966. The van der Waals surface area contributed by atoms with Crippen molar-refractivity contribution >= 4 is 99.6 Å². The van der Waals surface area contributed by atoms with E-state index in [2.05, 4.69) is 37.6 Å². The van der Waals surface area contributed by atoms with E-state index in [1.807, 2.05) is 0 Å². The summed E-state index contributed by atoms with van der Waals surface area (Å²) >= 11 is 0. The SMILES string of the molecule is CO[C@@H]1OC[C@H](O[C@@H]2OC[C@@H](O[C@H]3OC[C@@H](O[C@@H]4OC[C@@H](OC)[C@H](OS(=O)(=O)[O-])[C@H]4OS(=O)(=O)[O-])[C@H](OS(=O)(=O)[O-])[C@H]3OS(=O)(=O)[O-])[C@@H](OS(=O)(=O)[O-])[C@@H]2O[C@@H]2O[C@H](C(=O)[O-])[C@H](OC)[C@@H](OS(=O)(=O)[O-])[C@@H]2OS(=O)(=O)[O-])[C@H](OS(=O)(=O)[O-])[C@H]1OS(=O)(=O)[O-].[Na+].[Na+].[Na+].[Na+].[Na+].[Na+].[Na+].[Na+].[Na+].[Na+]. The van der Waals surface area contributed by atoms with E-state index >= 15 is 0 Å². The number of carbonyl (C=O) groups is 1. The Kier molecular flexibility index (Phi) is 57.6. The molecule has 5 rings (SSSR count). The first-order valence-electron chi connectivity index (χ1n) is 22.2. The molecule has 0 saturated carbocycles. The molecule has 5 heterocycles. The van der Waals surface area contributed by atoms with Crippen LogP contribution < -0.4 is 301 Å². The Balaban J connectivity index is -0.00000212. The summed E-state index contributed by atoms with van der Waals surface area (Å²) in [5, 5.41) is 12.4.